The second-order valence-corrected chi connectivity index (χ2v) is 19.2. The van der Waals surface area contributed by atoms with E-state index < -0.39 is 0 Å². The van der Waals surface area contributed by atoms with Crippen molar-refractivity contribution in [1.82, 2.24) is 4.57 Å². The lowest BCUT2D eigenvalue weighted by Gasteiger charge is -2.41. The second kappa shape index (κ2) is 15.3. The second-order valence-electron chi connectivity index (χ2n) is 19.2. The first-order chi connectivity index (χ1) is 31.7. The summed E-state index contributed by atoms with van der Waals surface area (Å²) in [4.78, 5) is 2.68. The molecule has 0 amide bonds. The van der Waals surface area contributed by atoms with Crippen LogP contribution < -0.4 is 9.64 Å². The molecular weight excluding hydrogens is 777 g/mol. The largest absolute Gasteiger partial charge is 0.489 e. The van der Waals surface area contributed by atoms with E-state index >= 15 is 0 Å². The number of para-hydroxylation sites is 2. The zero-order chi connectivity index (χ0) is 42.2. The van der Waals surface area contributed by atoms with Crippen molar-refractivity contribution in [1.29, 1.82) is 0 Å². The van der Waals surface area contributed by atoms with Crippen LogP contribution in [0.1, 0.15) is 95.6 Å². The summed E-state index contributed by atoms with van der Waals surface area (Å²) in [7, 11) is 0. The molecule has 1 aromatic heterocycles. The summed E-state index contributed by atoms with van der Waals surface area (Å²) < 4.78 is 9.33. The first-order valence-electron chi connectivity index (χ1n) is 24.0. The Hall–Kier alpha value is -6.58. The minimum absolute atomic E-state index is 0.142. The molecule has 64 heavy (non-hydrogen) atoms. The molecule has 6 aromatic rings. The van der Waals surface area contributed by atoms with E-state index in [1.807, 2.05) is 0 Å². The molecule has 314 valence electrons. The fraction of sp³-hybridized carbons (Fsp3) is 0.246. The quantitative estimate of drug-likeness (QED) is 0.159. The molecule has 3 heteroatoms. The third-order valence-electron chi connectivity index (χ3n) is 16.0. The number of benzene rings is 5. The van der Waals surface area contributed by atoms with Crippen LogP contribution in [0.2, 0.25) is 0 Å². The minimum Gasteiger partial charge on any atom is -0.489 e. The lowest BCUT2D eigenvalue weighted by molar-refractivity contribution is 0.198. The fourth-order valence-electron chi connectivity index (χ4n) is 13.1. The first-order valence-corrected chi connectivity index (χ1v) is 24.0. The molecule has 6 atom stereocenters. The molecule has 1 aliphatic heterocycles. The van der Waals surface area contributed by atoms with E-state index in [1.54, 1.807) is 5.56 Å². The van der Waals surface area contributed by atoms with E-state index in [0.29, 0.717) is 17.8 Å². The van der Waals surface area contributed by atoms with Crippen molar-refractivity contribution in [2.24, 2.45) is 17.8 Å². The Bertz CT molecular complexity index is 2990. The van der Waals surface area contributed by atoms with Gasteiger partial charge in [-0.2, -0.15) is 0 Å². The van der Waals surface area contributed by atoms with Crippen LogP contribution >= 0.6 is 0 Å². The summed E-state index contributed by atoms with van der Waals surface area (Å²) in [5, 5.41) is 0. The molecule has 6 unspecified atom stereocenters. The highest BCUT2D eigenvalue weighted by Crippen LogP contribution is 2.59. The average molecular weight is 831 g/mol. The Balaban J connectivity index is 0.889. The van der Waals surface area contributed by atoms with Crippen molar-refractivity contribution >= 4 is 17.8 Å². The number of nitrogens with zero attached hydrogens (tertiary/aromatic N) is 2. The van der Waals surface area contributed by atoms with Crippen molar-refractivity contribution in [3.8, 4) is 22.6 Å². The van der Waals surface area contributed by atoms with Crippen molar-refractivity contribution in [3.05, 3.63) is 232 Å². The van der Waals surface area contributed by atoms with Gasteiger partial charge < -0.3 is 14.2 Å². The Morgan fingerprint density at radius 3 is 2.33 bits per heavy atom. The lowest BCUT2D eigenvalue weighted by atomic mass is 9.62. The molecule has 0 radical (unpaired) electrons. The van der Waals surface area contributed by atoms with Crippen molar-refractivity contribution in [3.63, 3.8) is 0 Å². The standard InChI is InChI=1S/C61H54N2O/c1-4-16-43(17-5-1)61(44-18-6-2-7-19-44)55-25-13-10-22-49(55)50-35-33-47(39-56(50)61)62(48-34-36-53-52-24-12-15-27-59(52)64-60(53)40-48)46-31-28-41(29-32-46)42-30-37-58-54(38-42)51-23-11-14-26-57(51)63(58)45-20-8-3-9-21-45/h1-13,15-18,20-25,27,30-31,33-35,37,39,41-42,44,53,60H,14,19,26,28-29,32,36,38,40H2. The predicted octanol–water partition coefficient (Wildman–Crippen LogP) is 14.5. The van der Waals surface area contributed by atoms with E-state index in [1.165, 1.54) is 79.5 Å². The normalized spacial score (nSPS) is 25.5. The SMILES string of the molecule is C1=CCC(C2(c3ccccc3)c3ccccc3-c3ccc(N(C4=CCC(C5C=Cc6c(c7c(n6-c6ccccc6)CCC=C7)C5)CC4)C4=CCC5c6ccccc6OC5C4)cc32)C=C1. The number of fused-ring (bicyclic) bond motifs is 9. The number of hydrogen-bond acceptors (Lipinski definition) is 2. The van der Waals surface area contributed by atoms with Gasteiger partial charge in [0.15, 0.2) is 0 Å². The van der Waals surface area contributed by atoms with Gasteiger partial charge in [-0.3, -0.25) is 0 Å². The van der Waals surface area contributed by atoms with Crippen LogP contribution in [0.15, 0.2) is 187 Å². The average Bonchev–Trinajstić information content (AvgIpc) is 4.01. The Morgan fingerprint density at radius 1 is 0.656 bits per heavy atom. The molecule has 0 saturated carbocycles. The molecule has 2 heterocycles. The molecule has 0 spiro atoms. The molecule has 0 N–H and O–H groups in total. The van der Waals surface area contributed by atoms with Gasteiger partial charge in [-0.05, 0) is 144 Å². The van der Waals surface area contributed by atoms with Gasteiger partial charge in [0, 0.05) is 52.1 Å². The highest BCUT2D eigenvalue weighted by Gasteiger charge is 2.49. The van der Waals surface area contributed by atoms with E-state index in [9.17, 15) is 0 Å². The number of rotatable bonds is 7. The highest BCUT2D eigenvalue weighted by atomic mass is 16.5. The number of anilines is 1. The molecule has 3 nitrogen and oxygen atoms in total. The Kier molecular flexibility index (Phi) is 9.07. The maximum atomic E-state index is 6.78. The van der Waals surface area contributed by atoms with Gasteiger partial charge >= 0.3 is 0 Å². The smallest absolute Gasteiger partial charge is 0.123 e. The van der Waals surface area contributed by atoms with Crippen LogP contribution in [0.25, 0.3) is 29.0 Å². The van der Waals surface area contributed by atoms with Gasteiger partial charge in [-0.15, -0.1) is 0 Å². The van der Waals surface area contributed by atoms with Gasteiger partial charge in [0.2, 0.25) is 0 Å². The zero-order valence-electron chi connectivity index (χ0n) is 36.5. The van der Waals surface area contributed by atoms with Crippen molar-refractivity contribution < 1.29 is 4.74 Å². The summed E-state index contributed by atoms with van der Waals surface area (Å²) >= 11 is 0. The van der Waals surface area contributed by atoms with Gasteiger partial charge in [0.25, 0.3) is 0 Å². The van der Waals surface area contributed by atoms with Crippen molar-refractivity contribution in [2.45, 2.75) is 75.2 Å². The fourth-order valence-corrected chi connectivity index (χ4v) is 13.1. The number of aromatic nitrogens is 1. The van der Waals surface area contributed by atoms with E-state index in [0.717, 1.165) is 57.1 Å². The van der Waals surface area contributed by atoms with Crippen LogP contribution in [0, 0.1) is 17.8 Å². The maximum Gasteiger partial charge on any atom is 0.123 e. The molecule has 5 aromatic carbocycles. The summed E-state index contributed by atoms with van der Waals surface area (Å²) in [5.74, 6) is 2.87. The Labute approximate surface area is 378 Å². The number of ether oxygens (including phenoxy) is 1. The lowest BCUT2D eigenvalue weighted by Crippen LogP contribution is -2.36. The molecule has 13 rings (SSSR count). The molecule has 0 bridgehead atoms. The summed E-state index contributed by atoms with van der Waals surface area (Å²) in [6.45, 7) is 0. The molecule has 7 aliphatic rings. The minimum atomic E-state index is -0.315. The third-order valence-corrected chi connectivity index (χ3v) is 16.0. The van der Waals surface area contributed by atoms with E-state index in [4.69, 9.17) is 4.74 Å². The summed E-state index contributed by atoms with van der Waals surface area (Å²) in [6.07, 6.45) is 34.0. The molecular formula is C61H54N2O. The monoisotopic (exact) mass is 830 g/mol. The first kappa shape index (κ1) is 37.9. The van der Waals surface area contributed by atoms with E-state index in [2.05, 4.69) is 198 Å². The highest BCUT2D eigenvalue weighted by molar-refractivity contribution is 5.86. The third kappa shape index (κ3) is 5.86. The summed E-state index contributed by atoms with van der Waals surface area (Å²) in [5.41, 5.74) is 19.2. The predicted molar refractivity (Wildman–Crippen MR) is 263 cm³/mol. The van der Waals surface area contributed by atoms with Crippen LogP contribution in [0.3, 0.4) is 0 Å². The molecule has 6 aliphatic carbocycles. The topological polar surface area (TPSA) is 17.4 Å². The maximum absolute atomic E-state index is 6.78. The number of hydrogen-bond donors (Lipinski definition) is 0. The van der Waals surface area contributed by atoms with Crippen LogP contribution in [0.5, 0.6) is 5.75 Å². The van der Waals surface area contributed by atoms with Crippen LogP contribution in [-0.4, -0.2) is 10.7 Å². The van der Waals surface area contributed by atoms with Gasteiger partial charge in [0.1, 0.15) is 11.9 Å². The van der Waals surface area contributed by atoms with Crippen LogP contribution in [0.4, 0.5) is 5.69 Å². The zero-order valence-corrected chi connectivity index (χ0v) is 36.5. The van der Waals surface area contributed by atoms with Gasteiger partial charge in [0.05, 0.1) is 5.41 Å². The van der Waals surface area contributed by atoms with E-state index in [-0.39, 0.29) is 17.4 Å². The Morgan fingerprint density at radius 2 is 1.47 bits per heavy atom. The summed E-state index contributed by atoms with van der Waals surface area (Å²) in [6, 6.07) is 47.8. The number of allylic oxidation sites excluding steroid dienone is 9. The molecule has 0 fully saturated rings. The van der Waals surface area contributed by atoms with Crippen LogP contribution in [-0.2, 0) is 18.3 Å². The van der Waals surface area contributed by atoms with Crippen molar-refractivity contribution in [2.75, 3.05) is 4.90 Å². The molecule has 0 saturated heterocycles. The van der Waals surface area contributed by atoms with Gasteiger partial charge in [-0.1, -0.05) is 152 Å². The van der Waals surface area contributed by atoms with Gasteiger partial charge in [-0.25, -0.2) is 0 Å².